The number of hydrogen-bond donors (Lipinski definition) is 2. The Morgan fingerprint density at radius 3 is 2.50 bits per heavy atom. The number of hydrogen-bond acceptors (Lipinski definition) is 5. The van der Waals surface area contributed by atoms with Crippen molar-refractivity contribution in [2.24, 2.45) is 0 Å². The second-order valence-corrected chi connectivity index (χ2v) is 3.34. The van der Waals surface area contributed by atoms with E-state index in [2.05, 4.69) is 4.98 Å². The van der Waals surface area contributed by atoms with Crippen LogP contribution in [0.2, 0.25) is 0 Å². The number of nitro benzene ring substituents is 1. The van der Waals surface area contributed by atoms with E-state index < -0.39 is 22.1 Å². The lowest BCUT2D eigenvalue weighted by Crippen LogP contribution is -1.91. The first kappa shape index (κ1) is 13.9. The van der Waals surface area contributed by atoms with Crippen molar-refractivity contribution in [1.29, 1.82) is 0 Å². The summed E-state index contributed by atoms with van der Waals surface area (Å²) >= 11 is 0. The number of nitro groups is 1. The predicted octanol–water partition coefficient (Wildman–Crippen LogP) is 2.65. The van der Waals surface area contributed by atoms with Crippen LogP contribution in [0.1, 0.15) is 0 Å². The fraction of sp³-hybridized carbons (Fsp3) is 0. The molecule has 0 saturated heterocycles. The summed E-state index contributed by atoms with van der Waals surface area (Å²) in [6, 6.07) is 7.47. The molecule has 0 unspecified atom stereocenters. The van der Waals surface area contributed by atoms with E-state index in [1.54, 1.807) is 18.2 Å². The average Bonchev–Trinajstić information content (AvgIpc) is 2.33. The Hall–Kier alpha value is -2.15. The maximum atomic E-state index is 10.7. The molecule has 1 aromatic heterocycles. The average molecular weight is 313 g/mol. The second kappa shape index (κ2) is 5.46. The van der Waals surface area contributed by atoms with Crippen LogP contribution in [0.15, 0.2) is 36.5 Å². The van der Waals surface area contributed by atoms with Gasteiger partial charge in [-0.3, -0.25) is 15.1 Å². The molecule has 6 nitrogen and oxygen atoms in total. The van der Waals surface area contributed by atoms with Crippen molar-refractivity contribution >= 4 is 22.7 Å². The molecule has 2 N–H and O–H groups in total. The summed E-state index contributed by atoms with van der Waals surface area (Å²) < 4.78 is 0. The number of halogens is 1. The molecule has 0 atom stereocenters. The van der Waals surface area contributed by atoms with Crippen LogP contribution < -0.4 is 0 Å². The number of rotatable bonds is 2. The zero-order chi connectivity index (χ0) is 12.4. The van der Waals surface area contributed by atoms with Crippen LogP contribution in [0.4, 0.5) is 5.69 Å². The van der Waals surface area contributed by atoms with Crippen LogP contribution in [-0.2, 0) is 0 Å². The molecule has 0 saturated carbocycles. The van der Waals surface area contributed by atoms with Gasteiger partial charge in [0, 0.05) is 17.8 Å². The van der Waals surface area contributed by atoms with Gasteiger partial charge in [0.1, 0.15) is 0 Å². The van der Waals surface area contributed by atoms with Gasteiger partial charge in [-0.15, -0.1) is 17.0 Å². The number of aromatic nitrogens is 1. The lowest BCUT2D eigenvalue weighted by atomic mass is 10.1. The highest BCUT2D eigenvalue weighted by molar-refractivity contribution is 8.93. The fourth-order valence-electron chi connectivity index (χ4n) is 1.42. The van der Waals surface area contributed by atoms with Gasteiger partial charge in [0.2, 0.25) is 5.75 Å². The van der Waals surface area contributed by atoms with Crippen molar-refractivity contribution in [2.45, 2.75) is 0 Å². The third-order valence-corrected chi connectivity index (χ3v) is 2.23. The summed E-state index contributed by atoms with van der Waals surface area (Å²) in [6.45, 7) is 0. The fourth-order valence-corrected chi connectivity index (χ4v) is 1.42. The molecule has 2 rings (SSSR count). The van der Waals surface area contributed by atoms with Gasteiger partial charge >= 0.3 is 5.69 Å². The zero-order valence-electron chi connectivity index (χ0n) is 8.98. The largest absolute Gasteiger partial charge is 0.504 e. The summed E-state index contributed by atoms with van der Waals surface area (Å²) in [6.07, 6.45) is 1.53. The number of phenolic OH excluding ortho intramolecular Hbond substituents is 2. The van der Waals surface area contributed by atoms with E-state index >= 15 is 0 Å². The maximum Gasteiger partial charge on any atom is 0.315 e. The SMILES string of the molecule is Br.O=[N+]([O-])c1cc(-c2ccccn2)cc(O)c1O. The third kappa shape index (κ3) is 2.57. The summed E-state index contributed by atoms with van der Waals surface area (Å²) in [7, 11) is 0. The normalized spacial score (nSPS) is 9.56. The lowest BCUT2D eigenvalue weighted by Gasteiger charge is -2.03. The Bertz CT molecular complexity index is 575. The van der Waals surface area contributed by atoms with Crippen molar-refractivity contribution in [3.8, 4) is 22.8 Å². The molecule has 2 aromatic rings. The molecule has 0 spiro atoms. The van der Waals surface area contributed by atoms with Gasteiger partial charge in [0.05, 0.1) is 10.6 Å². The van der Waals surface area contributed by atoms with Crippen molar-refractivity contribution in [3.63, 3.8) is 0 Å². The van der Waals surface area contributed by atoms with Crippen LogP contribution in [0, 0.1) is 10.1 Å². The van der Waals surface area contributed by atoms with Crippen molar-refractivity contribution < 1.29 is 15.1 Å². The third-order valence-electron chi connectivity index (χ3n) is 2.23. The van der Waals surface area contributed by atoms with Gasteiger partial charge < -0.3 is 10.2 Å². The molecule has 94 valence electrons. The predicted molar refractivity (Wildman–Crippen MR) is 70.0 cm³/mol. The number of phenols is 2. The van der Waals surface area contributed by atoms with Gasteiger partial charge in [0.25, 0.3) is 0 Å². The molecule has 0 bridgehead atoms. The summed E-state index contributed by atoms with van der Waals surface area (Å²) in [5.74, 6) is -1.28. The van der Waals surface area contributed by atoms with E-state index in [-0.39, 0.29) is 17.0 Å². The van der Waals surface area contributed by atoms with Crippen molar-refractivity contribution in [2.75, 3.05) is 0 Å². The highest BCUT2D eigenvalue weighted by Crippen LogP contribution is 2.38. The minimum Gasteiger partial charge on any atom is -0.504 e. The quantitative estimate of drug-likeness (QED) is 0.505. The van der Waals surface area contributed by atoms with Crippen LogP contribution in [-0.4, -0.2) is 20.1 Å². The van der Waals surface area contributed by atoms with Crippen molar-refractivity contribution in [1.82, 2.24) is 4.98 Å². The lowest BCUT2D eigenvalue weighted by molar-refractivity contribution is -0.385. The second-order valence-electron chi connectivity index (χ2n) is 3.34. The highest BCUT2D eigenvalue weighted by Gasteiger charge is 2.19. The molecular formula is C11H9BrN2O4. The van der Waals surface area contributed by atoms with E-state index in [1.165, 1.54) is 12.3 Å². The van der Waals surface area contributed by atoms with Crippen LogP contribution in [0.25, 0.3) is 11.3 Å². The molecule has 1 aromatic carbocycles. The van der Waals surface area contributed by atoms with E-state index in [9.17, 15) is 20.3 Å². The number of benzene rings is 1. The molecule has 18 heavy (non-hydrogen) atoms. The van der Waals surface area contributed by atoms with E-state index in [0.29, 0.717) is 11.3 Å². The van der Waals surface area contributed by atoms with Gasteiger partial charge in [-0.25, -0.2) is 0 Å². The van der Waals surface area contributed by atoms with Gasteiger partial charge in [-0.2, -0.15) is 0 Å². The Morgan fingerprint density at radius 2 is 1.94 bits per heavy atom. The Kier molecular flexibility index (Phi) is 4.22. The first-order valence-corrected chi connectivity index (χ1v) is 4.71. The minimum absolute atomic E-state index is 0. The Balaban J connectivity index is 0.00000162. The van der Waals surface area contributed by atoms with Crippen LogP contribution >= 0.6 is 17.0 Å². The first-order valence-electron chi connectivity index (χ1n) is 4.71. The number of aromatic hydroxyl groups is 2. The first-order chi connectivity index (χ1) is 8.09. The topological polar surface area (TPSA) is 96.5 Å². The molecule has 0 aliphatic carbocycles. The number of pyridine rings is 1. The van der Waals surface area contributed by atoms with Crippen LogP contribution in [0.5, 0.6) is 11.5 Å². The smallest absolute Gasteiger partial charge is 0.315 e. The van der Waals surface area contributed by atoms with E-state index in [4.69, 9.17) is 0 Å². The molecule has 7 heteroatoms. The summed E-state index contributed by atoms with van der Waals surface area (Å²) in [4.78, 5) is 13.9. The molecule has 0 aliphatic heterocycles. The van der Waals surface area contributed by atoms with Gasteiger partial charge in [-0.05, 0) is 18.2 Å². The van der Waals surface area contributed by atoms with Gasteiger partial charge in [-0.1, -0.05) is 6.07 Å². The van der Waals surface area contributed by atoms with Crippen LogP contribution in [0.3, 0.4) is 0 Å². The molecule has 0 aliphatic rings. The maximum absolute atomic E-state index is 10.7. The highest BCUT2D eigenvalue weighted by atomic mass is 79.9. The molecule has 0 fully saturated rings. The standard InChI is InChI=1S/C11H8N2O4.BrH/c14-10-6-7(8-3-1-2-4-12-8)5-9(11(10)15)13(16)17;/h1-6,14-15H;1H. The Morgan fingerprint density at radius 1 is 1.22 bits per heavy atom. The molecule has 1 heterocycles. The Labute approximate surface area is 112 Å². The van der Waals surface area contributed by atoms with Gasteiger partial charge in [0.15, 0.2) is 5.75 Å². The van der Waals surface area contributed by atoms with Crippen molar-refractivity contribution in [3.05, 3.63) is 46.6 Å². The monoisotopic (exact) mass is 312 g/mol. The number of nitrogens with zero attached hydrogens (tertiary/aromatic N) is 2. The summed E-state index contributed by atoms with van der Waals surface area (Å²) in [5.41, 5.74) is 0.296. The molecule has 0 radical (unpaired) electrons. The van der Waals surface area contributed by atoms with E-state index in [1.807, 2.05) is 0 Å². The van der Waals surface area contributed by atoms with E-state index in [0.717, 1.165) is 6.07 Å². The molecule has 0 amide bonds. The molecular weight excluding hydrogens is 304 g/mol. The zero-order valence-corrected chi connectivity index (χ0v) is 10.7. The minimum atomic E-state index is -0.762. The summed E-state index contributed by atoms with van der Waals surface area (Å²) in [5, 5.41) is 29.4.